The molecule has 2 aliphatic heterocycles. The Labute approximate surface area is 124 Å². The van der Waals surface area contributed by atoms with Crippen molar-refractivity contribution < 1.29 is 18.6 Å². The Morgan fingerprint density at radius 1 is 1.43 bits per heavy atom. The molecular weight excluding hydrogens is 273 g/mol. The summed E-state index contributed by atoms with van der Waals surface area (Å²) in [5.74, 6) is 0.242. The van der Waals surface area contributed by atoms with E-state index < -0.39 is 0 Å². The normalized spacial score (nSPS) is 30.5. The minimum atomic E-state index is -0.318. The summed E-state index contributed by atoms with van der Waals surface area (Å²) in [7, 11) is 0. The van der Waals surface area contributed by atoms with Crippen LogP contribution < -0.4 is 10.5 Å². The molecule has 2 heterocycles. The van der Waals surface area contributed by atoms with Gasteiger partial charge in [0, 0.05) is 43.5 Å². The lowest BCUT2D eigenvalue weighted by atomic mass is 9.91. The summed E-state index contributed by atoms with van der Waals surface area (Å²) < 4.78 is 31.2. The van der Waals surface area contributed by atoms with E-state index in [1.165, 1.54) is 6.07 Å². The van der Waals surface area contributed by atoms with Gasteiger partial charge in [0.25, 0.3) is 0 Å². The first-order valence-electron chi connectivity index (χ1n) is 7.51. The Morgan fingerprint density at radius 2 is 2.29 bits per heavy atom. The van der Waals surface area contributed by atoms with Crippen LogP contribution in [0.15, 0.2) is 18.2 Å². The molecule has 0 amide bonds. The van der Waals surface area contributed by atoms with Gasteiger partial charge in [-0.15, -0.1) is 0 Å². The van der Waals surface area contributed by atoms with Crippen molar-refractivity contribution in [2.24, 2.45) is 5.73 Å². The lowest BCUT2D eigenvalue weighted by molar-refractivity contribution is -0.112. The van der Waals surface area contributed by atoms with Crippen molar-refractivity contribution in [1.82, 2.24) is 0 Å². The predicted octanol–water partition coefficient (Wildman–Crippen LogP) is 2.56. The molecule has 0 aromatic heterocycles. The zero-order chi connectivity index (χ0) is 14.9. The summed E-state index contributed by atoms with van der Waals surface area (Å²) in [6, 6.07) is 4.59. The Bertz CT molecular complexity index is 500. The highest BCUT2D eigenvalue weighted by atomic mass is 19.1. The molecule has 2 fully saturated rings. The molecule has 2 N–H and O–H groups in total. The highest BCUT2D eigenvalue weighted by Crippen LogP contribution is 2.34. The maximum Gasteiger partial charge on any atom is 0.131 e. The second-order valence-electron chi connectivity index (χ2n) is 6.04. The lowest BCUT2D eigenvalue weighted by Crippen LogP contribution is -2.44. The third-order valence-electron chi connectivity index (χ3n) is 4.28. The summed E-state index contributed by atoms with van der Waals surface area (Å²) in [6.45, 7) is 3.80. The molecule has 1 aromatic carbocycles. The smallest absolute Gasteiger partial charge is 0.131 e. The van der Waals surface area contributed by atoms with Gasteiger partial charge in [-0.25, -0.2) is 4.39 Å². The molecule has 2 aliphatic rings. The number of benzene rings is 1. The molecule has 2 saturated heterocycles. The fourth-order valence-electron chi connectivity index (χ4n) is 3.09. The molecule has 0 bridgehead atoms. The van der Waals surface area contributed by atoms with E-state index in [-0.39, 0.29) is 23.6 Å². The van der Waals surface area contributed by atoms with Gasteiger partial charge in [-0.2, -0.15) is 0 Å². The molecule has 0 aliphatic carbocycles. The van der Waals surface area contributed by atoms with Crippen LogP contribution in [0.4, 0.5) is 4.39 Å². The molecule has 3 rings (SSSR count). The maximum atomic E-state index is 13.9. The first-order valence-corrected chi connectivity index (χ1v) is 7.51. The molecule has 116 valence electrons. The van der Waals surface area contributed by atoms with E-state index in [1.54, 1.807) is 19.1 Å². The van der Waals surface area contributed by atoms with Crippen LogP contribution in [-0.4, -0.2) is 31.5 Å². The molecule has 1 aromatic rings. The standard InChI is InChI=1S/C16H22FNO3/c1-11(18)14-3-2-12(8-15(14)17)21-13-4-6-20-16(9-13)5-7-19-10-16/h2-3,8,11,13H,4-7,9-10,18H2,1H3. The Hall–Kier alpha value is -1.17. The van der Waals surface area contributed by atoms with E-state index in [0.29, 0.717) is 24.5 Å². The van der Waals surface area contributed by atoms with Gasteiger partial charge in [-0.05, 0) is 13.0 Å². The van der Waals surface area contributed by atoms with Crippen molar-refractivity contribution >= 4 is 0 Å². The van der Waals surface area contributed by atoms with Crippen LogP contribution in [0, 0.1) is 5.82 Å². The number of hydrogen-bond acceptors (Lipinski definition) is 4. The van der Waals surface area contributed by atoms with Crippen molar-refractivity contribution in [3.8, 4) is 5.75 Å². The average molecular weight is 295 g/mol. The minimum absolute atomic E-state index is 0.0426. The van der Waals surface area contributed by atoms with E-state index in [9.17, 15) is 4.39 Å². The van der Waals surface area contributed by atoms with Gasteiger partial charge in [0.1, 0.15) is 17.7 Å². The van der Waals surface area contributed by atoms with Crippen LogP contribution in [0.25, 0.3) is 0 Å². The predicted molar refractivity (Wildman–Crippen MR) is 76.8 cm³/mol. The first-order chi connectivity index (χ1) is 10.1. The van der Waals surface area contributed by atoms with Crippen LogP contribution >= 0.6 is 0 Å². The van der Waals surface area contributed by atoms with Gasteiger partial charge in [-0.1, -0.05) is 6.07 Å². The molecule has 4 nitrogen and oxygen atoms in total. The molecule has 1 spiro atoms. The van der Waals surface area contributed by atoms with Crippen molar-refractivity contribution in [2.45, 2.75) is 43.9 Å². The van der Waals surface area contributed by atoms with E-state index in [0.717, 1.165) is 25.9 Å². The Morgan fingerprint density at radius 3 is 2.95 bits per heavy atom. The fourth-order valence-corrected chi connectivity index (χ4v) is 3.09. The molecule has 5 heteroatoms. The highest BCUT2D eigenvalue weighted by molar-refractivity contribution is 5.30. The van der Waals surface area contributed by atoms with Gasteiger partial charge in [0.05, 0.1) is 18.8 Å². The van der Waals surface area contributed by atoms with Crippen molar-refractivity contribution in [2.75, 3.05) is 19.8 Å². The number of hydrogen-bond donors (Lipinski definition) is 1. The zero-order valence-electron chi connectivity index (χ0n) is 12.3. The van der Waals surface area contributed by atoms with Crippen LogP contribution in [0.1, 0.15) is 37.8 Å². The van der Waals surface area contributed by atoms with Crippen LogP contribution in [0.3, 0.4) is 0 Å². The average Bonchev–Trinajstić information content (AvgIpc) is 2.86. The van der Waals surface area contributed by atoms with Gasteiger partial charge >= 0.3 is 0 Å². The maximum absolute atomic E-state index is 13.9. The minimum Gasteiger partial charge on any atom is -0.490 e. The van der Waals surface area contributed by atoms with Crippen molar-refractivity contribution in [3.63, 3.8) is 0 Å². The van der Waals surface area contributed by atoms with E-state index >= 15 is 0 Å². The molecule has 3 atom stereocenters. The SMILES string of the molecule is CC(N)c1ccc(OC2CCOC3(CCOC3)C2)cc1F. The van der Waals surface area contributed by atoms with Crippen LogP contribution in [0.5, 0.6) is 5.75 Å². The summed E-state index contributed by atoms with van der Waals surface area (Å²) >= 11 is 0. The Balaban J connectivity index is 1.67. The van der Waals surface area contributed by atoms with Gasteiger partial charge < -0.3 is 19.9 Å². The van der Waals surface area contributed by atoms with Gasteiger partial charge in [0.15, 0.2) is 0 Å². The van der Waals surface area contributed by atoms with Crippen molar-refractivity contribution in [3.05, 3.63) is 29.6 Å². The van der Waals surface area contributed by atoms with E-state index in [1.807, 2.05) is 0 Å². The van der Waals surface area contributed by atoms with Gasteiger partial charge in [-0.3, -0.25) is 0 Å². The topological polar surface area (TPSA) is 53.7 Å². The van der Waals surface area contributed by atoms with Crippen molar-refractivity contribution in [1.29, 1.82) is 0 Å². The first kappa shape index (κ1) is 14.8. The summed E-state index contributed by atoms with van der Waals surface area (Å²) in [6.07, 6.45) is 2.56. The number of rotatable bonds is 3. The second kappa shape index (κ2) is 5.91. The van der Waals surface area contributed by atoms with E-state index in [2.05, 4.69) is 0 Å². The number of nitrogens with two attached hydrogens (primary N) is 1. The molecule has 21 heavy (non-hydrogen) atoms. The van der Waals surface area contributed by atoms with Crippen LogP contribution in [-0.2, 0) is 9.47 Å². The summed E-state index contributed by atoms with van der Waals surface area (Å²) in [5, 5.41) is 0. The quantitative estimate of drug-likeness (QED) is 0.931. The summed E-state index contributed by atoms with van der Waals surface area (Å²) in [5.41, 5.74) is 6.02. The third-order valence-corrected chi connectivity index (χ3v) is 4.28. The third kappa shape index (κ3) is 3.20. The monoisotopic (exact) mass is 295 g/mol. The zero-order valence-corrected chi connectivity index (χ0v) is 12.3. The molecule has 0 radical (unpaired) electrons. The number of halogens is 1. The number of ether oxygens (including phenoxy) is 3. The van der Waals surface area contributed by atoms with Crippen LogP contribution in [0.2, 0.25) is 0 Å². The largest absolute Gasteiger partial charge is 0.490 e. The Kier molecular flexibility index (Phi) is 4.15. The van der Waals surface area contributed by atoms with E-state index in [4.69, 9.17) is 19.9 Å². The lowest BCUT2D eigenvalue weighted by Gasteiger charge is -2.37. The summed E-state index contributed by atoms with van der Waals surface area (Å²) in [4.78, 5) is 0. The second-order valence-corrected chi connectivity index (χ2v) is 6.04. The molecule has 0 saturated carbocycles. The molecule has 3 unspecified atom stereocenters. The van der Waals surface area contributed by atoms with Gasteiger partial charge in [0.2, 0.25) is 0 Å². The highest BCUT2D eigenvalue weighted by Gasteiger charge is 2.41. The fraction of sp³-hybridized carbons (Fsp3) is 0.625. The molecular formula is C16H22FNO3.